The minimum Gasteiger partial charge on any atom is -0.497 e. The van der Waals surface area contributed by atoms with Crippen LogP contribution in [0.1, 0.15) is 24.0 Å². The van der Waals surface area contributed by atoms with Gasteiger partial charge >= 0.3 is 0 Å². The largest absolute Gasteiger partial charge is 0.497 e. The number of nitrogens with zero attached hydrogens (tertiary/aromatic N) is 2. The Hall–Kier alpha value is -3.22. The number of hydrogen-bond acceptors (Lipinski definition) is 4. The number of aliphatic imine (C=N–C) groups is 1. The van der Waals surface area contributed by atoms with Gasteiger partial charge < -0.3 is 25.0 Å². The second-order valence-corrected chi connectivity index (χ2v) is 8.19. The van der Waals surface area contributed by atoms with Gasteiger partial charge in [0, 0.05) is 26.2 Å². The molecule has 0 spiro atoms. The Balaban J connectivity index is 1.60. The van der Waals surface area contributed by atoms with Gasteiger partial charge in [0.1, 0.15) is 11.5 Å². The average molecular weight is 439 g/mol. The Kier molecular flexibility index (Phi) is 8.78. The van der Waals surface area contributed by atoms with Crippen molar-refractivity contribution in [2.45, 2.75) is 25.8 Å². The van der Waals surface area contributed by atoms with Crippen LogP contribution in [0.4, 0.5) is 0 Å². The van der Waals surface area contributed by atoms with Crippen LogP contribution in [-0.2, 0) is 17.8 Å². The molecule has 172 valence electrons. The summed E-state index contributed by atoms with van der Waals surface area (Å²) >= 11 is 0. The summed E-state index contributed by atoms with van der Waals surface area (Å²) in [6, 6.07) is 16.0. The van der Waals surface area contributed by atoms with Crippen molar-refractivity contribution in [2.75, 3.05) is 40.9 Å². The van der Waals surface area contributed by atoms with Gasteiger partial charge in [-0.25, -0.2) is 4.99 Å². The molecule has 32 heavy (non-hydrogen) atoms. The average Bonchev–Trinajstić information content (AvgIpc) is 3.64. The highest BCUT2D eigenvalue weighted by Gasteiger charge is 2.22. The molecule has 1 aliphatic carbocycles. The van der Waals surface area contributed by atoms with Crippen LogP contribution in [0.15, 0.2) is 53.5 Å². The van der Waals surface area contributed by atoms with E-state index in [1.54, 1.807) is 26.1 Å². The summed E-state index contributed by atoms with van der Waals surface area (Å²) in [6.07, 6.45) is 3.34. The summed E-state index contributed by atoms with van der Waals surface area (Å²) in [7, 11) is 5.14. The molecule has 1 amide bonds. The third-order valence-electron chi connectivity index (χ3n) is 5.32. The predicted molar refractivity (Wildman–Crippen MR) is 127 cm³/mol. The summed E-state index contributed by atoms with van der Waals surface area (Å²) in [6.45, 7) is 2.10. The van der Waals surface area contributed by atoms with Crippen molar-refractivity contribution in [2.24, 2.45) is 10.9 Å². The number of hydrogen-bond donors (Lipinski definition) is 2. The van der Waals surface area contributed by atoms with Crippen LogP contribution >= 0.6 is 0 Å². The molecule has 2 aromatic carbocycles. The topological polar surface area (TPSA) is 75.2 Å². The van der Waals surface area contributed by atoms with Crippen molar-refractivity contribution >= 4 is 11.9 Å². The van der Waals surface area contributed by atoms with E-state index in [1.807, 2.05) is 48.5 Å². The quantitative estimate of drug-likeness (QED) is 0.417. The summed E-state index contributed by atoms with van der Waals surface area (Å²) in [5, 5.41) is 6.48. The van der Waals surface area contributed by atoms with Crippen LogP contribution in [0.25, 0.3) is 0 Å². The lowest BCUT2D eigenvalue weighted by Crippen LogP contribution is -2.43. The summed E-state index contributed by atoms with van der Waals surface area (Å²) in [5.74, 6) is 3.01. The van der Waals surface area contributed by atoms with Crippen molar-refractivity contribution in [1.82, 2.24) is 15.5 Å². The highest BCUT2D eigenvalue weighted by Crippen LogP contribution is 2.30. The second kappa shape index (κ2) is 12.0. The number of likely N-dealkylation sites (N-methyl/N-ethyl adjacent to an activating group) is 1. The minimum absolute atomic E-state index is 0.0113. The molecule has 3 rings (SSSR count). The number of guanidine groups is 1. The lowest BCUT2D eigenvalue weighted by Gasteiger charge is -2.16. The lowest BCUT2D eigenvalue weighted by molar-refractivity contribution is -0.127. The zero-order chi connectivity index (χ0) is 22.8. The first kappa shape index (κ1) is 23.4. The Morgan fingerprint density at radius 3 is 2.53 bits per heavy atom. The van der Waals surface area contributed by atoms with Gasteiger partial charge in [0.15, 0.2) is 5.96 Å². The van der Waals surface area contributed by atoms with E-state index in [-0.39, 0.29) is 12.5 Å². The van der Waals surface area contributed by atoms with Crippen LogP contribution in [0, 0.1) is 5.92 Å². The summed E-state index contributed by atoms with van der Waals surface area (Å²) in [4.78, 5) is 18.3. The lowest BCUT2D eigenvalue weighted by atomic mass is 10.1. The number of ether oxygens (including phenoxy) is 2. The van der Waals surface area contributed by atoms with Gasteiger partial charge in [0.2, 0.25) is 5.91 Å². The zero-order valence-corrected chi connectivity index (χ0v) is 19.3. The van der Waals surface area contributed by atoms with E-state index >= 15 is 0 Å². The highest BCUT2D eigenvalue weighted by molar-refractivity contribution is 5.86. The molecule has 1 aliphatic rings. The van der Waals surface area contributed by atoms with E-state index in [1.165, 1.54) is 18.4 Å². The van der Waals surface area contributed by atoms with E-state index in [4.69, 9.17) is 14.5 Å². The third-order valence-corrected chi connectivity index (χ3v) is 5.32. The van der Waals surface area contributed by atoms with Gasteiger partial charge in [-0.3, -0.25) is 4.79 Å². The van der Waals surface area contributed by atoms with Crippen molar-refractivity contribution in [1.29, 1.82) is 0 Å². The Bertz CT molecular complexity index is 892. The molecular weight excluding hydrogens is 404 g/mol. The molecule has 0 radical (unpaired) electrons. The molecule has 1 saturated carbocycles. The molecule has 0 saturated heterocycles. The number of nitrogens with one attached hydrogen (secondary N) is 2. The Morgan fingerprint density at radius 1 is 1.09 bits per heavy atom. The van der Waals surface area contributed by atoms with E-state index < -0.39 is 0 Å². The number of rotatable bonds is 11. The van der Waals surface area contributed by atoms with Crippen LogP contribution in [-0.4, -0.2) is 57.7 Å². The first-order valence-electron chi connectivity index (χ1n) is 11.1. The van der Waals surface area contributed by atoms with Crippen LogP contribution < -0.4 is 20.1 Å². The van der Waals surface area contributed by atoms with Crippen LogP contribution in [0.2, 0.25) is 0 Å². The number of carbonyl (C=O) groups excluding carboxylic acids is 1. The van der Waals surface area contributed by atoms with E-state index in [9.17, 15) is 4.79 Å². The van der Waals surface area contributed by atoms with Gasteiger partial charge in [0.05, 0.1) is 26.8 Å². The van der Waals surface area contributed by atoms with Crippen molar-refractivity contribution in [3.8, 4) is 11.5 Å². The van der Waals surface area contributed by atoms with Crippen molar-refractivity contribution in [3.63, 3.8) is 0 Å². The number of carbonyl (C=O) groups is 1. The monoisotopic (exact) mass is 438 g/mol. The zero-order valence-electron chi connectivity index (χ0n) is 19.3. The molecule has 0 aromatic heterocycles. The molecule has 0 aliphatic heterocycles. The summed E-state index contributed by atoms with van der Waals surface area (Å²) in [5.41, 5.74) is 2.23. The Labute approximate surface area is 190 Å². The summed E-state index contributed by atoms with van der Waals surface area (Å²) < 4.78 is 11.2. The molecule has 7 nitrogen and oxygen atoms in total. The number of benzene rings is 2. The van der Waals surface area contributed by atoms with Gasteiger partial charge in [-0.1, -0.05) is 30.3 Å². The molecule has 0 atom stereocenters. The standard InChI is InChI=1S/C25H34N4O3/c1-29(2)24(30)17-28-25(26-15-14-19-10-12-22(31-3)13-11-19)27-16-21-6-4-5-7-23(21)32-18-20-8-9-20/h4-7,10-13,20H,8-9,14-18H2,1-3H3,(H2,26,27,28). The molecular formula is C25H34N4O3. The SMILES string of the molecule is COc1ccc(CCNC(=NCc2ccccc2OCC2CC2)NCC(=O)N(C)C)cc1. The maximum Gasteiger partial charge on any atom is 0.241 e. The second-order valence-electron chi connectivity index (χ2n) is 8.19. The maximum atomic E-state index is 12.0. The van der Waals surface area contributed by atoms with Crippen LogP contribution in [0.5, 0.6) is 11.5 Å². The molecule has 0 heterocycles. The van der Waals surface area contributed by atoms with E-state index in [0.717, 1.165) is 30.1 Å². The molecule has 2 aromatic rings. The third kappa shape index (κ3) is 7.80. The van der Waals surface area contributed by atoms with E-state index in [0.29, 0.717) is 25.0 Å². The molecule has 7 heteroatoms. The van der Waals surface area contributed by atoms with Crippen molar-refractivity contribution < 1.29 is 14.3 Å². The molecule has 0 bridgehead atoms. The molecule has 0 unspecified atom stereocenters. The maximum absolute atomic E-state index is 12.0. The number of methoxy groups -OCH3 is 1. The molecule has 1 fully saturated rings. The molecule has 2 N–H and O–H groups in total. The normalized spacial score (nSPS) is 13.4. The fourth-order valence-electron chi connectivity index (χ4n) is 3.04. The fraction of sp³-hybridized carbons (Fsp3) is 0.440. The minimum atomic E-state index is -0.0113. The van der Waals surface area contributed by atoms with Gasteiger partial charge in [-0.2, -0.15) is 0 Å². The predicted octanol–water partition coefficient (Wildman–Crippen LogP) is 2.85. The van der Waals surface area contributed by atoms with Gasteiger partial charge in [-0.05, 0) is 48.9 Å². The van der Waals surface area contributed by atoms with Gasteiger partial charge in [-0.15, -0.1) is 0 Å². The Morgan fingerprint density at radius 2 is 1.84 bits per heavy atom. The number of para-hydroxylation sites is 1. The smallest absolute Gasteiger partial charge is 0.241 e. The highest BCUT2D eigenvalue weighted by atomic mass is 16.5. The van der Waals surface area contributed by atoms with Gasteiger partial charge in [0.25, 0.3) is 0 Å². The van der Waals surface area contributed by atoms with E-state index in [2.05, 4.69) is 10.6 Å². The fourth-order valence-corrected chi connectivity index (χ4v) is 3.04. The van der Waals surface area contributed by atoms with Crippen LogP contribution in [0.3, 0.4) is 0 Å². The van der Waals surface area contributed by atoms with Crippen molar-refractivity contribution in [3.05, 3.63) is 59.7 Å². The first-order valence-corrected chi connectivity index (χ1v) is 11.1. The first-order chi connectivity index (χ1) is 15.5. The number of amides is 1.